The number of carbonyl (C=O) groups is 3. The van der Waals surface area contributed by atoms with Gasteiger partial charge in [-0.2, -0.15) is 11.8 Å². The molecule has 0 aliphatic carbocycles. The first-order chi connectivity index (χ1) is 20.6. The lowest BCUT2D eigenvalue weighted by atomic mass is 10.0. The van der Waals surface area contributed by atoms with Crippen molar-refractivity contribution in [3.05, 3.63) is 0 Å². The zero-order valence-corrected chi connectivity index (χ0v) is 28.4. The number of thioether (sulfide) groups is 1. The van der Waals surface area contributed by atoms with Crippen LogP contribution in [0.3, 0.4) is 0 Å². The molecule has 0 bridgehead atoms. The molecule has 0 aromatic rings. The quantitative estimate of drug-likeness (QED) is 0.0442. The molecule has 1 N–H and O–H groups in total. The van der Waals surface area contributed by atoms with Crippen LogP contribution in [0.15, 0.2) is 0 Å². The minimum absolute atomic E-state index is 0.0816. The molecule has 0 aromatic carbocycles. The van der Waals surface area contributed by atoms with E-state index in [-0.39, 0.29) is 12.8 Å². The fourth-order valence-electron chi connectivity index (χ4n) is 5.41. The van der Waals surface area contributed by atoms with Crippen molar-refractivity contribution in [1.82, 2.24) is 0 Å². The van der Waals surface area contributed by atoms with E-state index >= 15 is 0 Å². The summed E-state index contributed by atoms with van der Waals surface area (Å²) in [7, 11) is 0. The van der Waals surface area contributed by atoms with Gasteiger partial charge in [0.15, 0.2) is 0 Å². The minimum Gasteiger partial charge on any atom is -0.481 e. The van der Waals surface area contributed by atoms with Crippen LogP contribution in [-0.4, -0.2) is 34.5 Å². The average Bonchev–Trinajstić information content (AvgIpc) is 2.96. The van der Waals surface area contributed by atoms with Gasteiger partial charge in [-0.25, -0.2) is 0 Å². The number of carboxylic acid groups (broad SMARTS) is 1. The lowest BCUT2D eigenvalue weighted by molar-refractivity contribution is -0.159. The summed E-state index contributed by atoms with van der Waals surface area (Å²) in [6.07, 6.45) is 37.3. The number of hydrogen-bond acceptors (Lipinski definition) is 5. The van der Waals surface area contributed by atoms with Crippen molar-refractivity contribution in [2.24, 2.45) is 0 Å². The summed E-state index contributed by atoms with van der Waals surface area (Å²) in [5, 5.41) is 8.57. The standard InChI is InChI=1S/C36H68O5S/c1-2-3-4-5-6-7-8-9-10-11-12-13-14-15-16-17-18-19-20-21-22-23-24-25-26-27-28-29-35(39)41-36(40)31-33-42-32-30-34(37)38/h2-33H2,1H3,(H,37,38). The van der Waals surface area contributed by atoms with Gasteiger partial charge in [0.1, 0.15) is 0 Å². The highest BCUT2D eigenvalue weighted by Crippen LogP contribution is 2.16. The number of ether oxygens (including phenoxy) is 1. The lowest BCUT2D eigenvalue weighted by Crippen LogP contribution is -2.12. The molecule has 0 fully saturated rings. The van der Waals surface area contributed by atoms with Crippen LogP contribution in [0, 0.1) is 0 Å². The summed E-state index contributed by atoms with van der Waals surface area (Å²) < 4.78 is 4.83. The van der Waals surface area contributed by atoms with Crippen molar-refractivity contribution in [2.75, 3.05) is 11.5 Å². The summed E-state index contributed by atoms with van der Waals surface area (Å²) in [5.41, 5.74) is 0. The van der Waals surface area contributed by atoms with Crippen molar-refractivity contribution < 1.29 is 24.2 Å². The van der Waals surface area contributed by atoms with E-state index in [1.165, 1.54) is 166 Å². The molecule has 0 spiro atoms. The van der Waals surface area contributed by atoms with Crippen LogP contribution in [-0.2, 0) is 19.1 Å². The number of esters is 2. The second-order valence-corrected chi connectivity index (χ2v) is 13.5. The lowest BCUT2D eigenvalue weighted by Gasteiger charge is -2.05. The largest absolute Gasteiger partial charge is 0.481 e. The number of aliphatic carboxylic acids is 1. The monoisotopic (exact) mass is 612 g/mol. The molecule has 0 radical (unpaired) electrons. The van der Waals surface area contributed by atoms with E-state index in [2.05, 4.69) is 6.92 Å². The number of carbonyl (C=O) groups excluding carboxylic acids is 2. The maximum atomic E-state index is 11.7. The highest BCUT2D eigenvalue weighted by atomic mass is 32.2. The molecule has 0 rings (SSSR count). The highest BCUT2D eigenvalue weighted by molar-refractivity contribution is 7.99. The average molecular weight is 613 g/mol. The van der Waals surface area contributed by atoms with Crippen LogP contribution in [0.25, 0.3) is 0 Å². The van der Waals surface area contributed by atoms with E-state index in [1.54, 1.807) is 0 Å². The van der Waals surface area contributed by atoms with Crippen molar-refractivity contribution in [3.8, 4) is 0 Å². The first-order valence-electron chi connectivity index (χ1n) is 18.1. The van der Waals surface area contributed by atoms with E-state index in [0.717, 1.165) is 19.3 Å². The topological polar surface area (TPSA) is 80.7 Å². The number of carboxylic acids is 1. The molecule has 5 nitrogen and oxygen atoms in total. The second kappa shape index (κ2) is 34.5. The van der Waals surface area contributed by atoms with Crippen LogP contribution in [0.5, 0.6) is 0 Å². The molecule has 0 amide bonds. The maximum Gasteiger partial charge on any atom is 0.314 e. The molecule has 0 heterocycles. The van der Waals surface area contributed by atoms with Crippen LogP contribution < -0.4 is 0 Å². The molecule has 0 aromatic heterocycles. The summed E-state index contributed by atoms with van der Waals surface area (Å²) in [6, 6.07) is 0. The summed E-state index contributed by atoms with van der Waals surface area (Å²) in [4.78, 5) is 33.8. The predicted octanol–water partition coefficient (Wildman–Crippen LogP) is 11.6. The fourth-order valence-corrected chi connectivity index (χ4v) is 6.24. The normalized spacial score (nSPS) is 11.2. The Morgan fingerprint density at radius 2 is 0.714 bits per heavy atom. The van der Waals surface area contributed by atoms with Crippen LogP contribution in [0.1, 0.15) is 200 Å². The first kappa shape index (κ1) is 41.0. The van der Waals surface area contributed by atoms with Gasteiger partial charge in [0, 0.05) is 17.9 Å². The van der Waals surface area contributed by atoms with E-state index in [0.29, 0.717) is 17.9 Å². The van der Waals surface area contributed by atoms with Crippen molar-refractivity contribution >= 4 is 29.7 Å². The Bertz CT molecular complexity index is 610. The Kier molecular flexibility index (Phi) is 33.6. The van der Waals surface area contributed by atoms with Crippen LogP contribution in [0.4, 0.5) is 0 Å². The summed E-state index contributed by atoms with van der Waals surface area (Å²) in [5.74, 6) is -0.830. The van der Waals surface area contributed by atoms with Crippen LogP contribution in [0.2, 0.25) is 0 Å². The van der Waals surface area contributed by atoms with E-state index in [4.69, 9.17) is 9.84 Å². The Morgan fingerprint density at radius 3 is 1.05 bits per heavy atom. The van der Waals surface area contributed by atoms with Gasteiger partial charge in [-0.15, -0.1) is 0 Å². The van der Waals surface area contributed by atoms with Crippen LogP contribution >= 0.6 is 11.8 Å². The van der Waals surface area contributed by atoms with Gasteiger partial charge in [-0.05, 0) is 6.42 Å². The predicted molar refractivity (Wildman–Crippen MR) is 180 cm³/mol. The molecule has 6 heteroatoms. The molecule has 0 aliphatic rings. The Balaban J connectivity index is 3.19. The van der Waals surface area contributed by atoms with Gasteiger partial charge < -0.3 is 9.84 Å². The molecule has 0 atom stereocenters. The summed E-state index contributed by atoms with van der Waals surface area (Å²) in [6.45, 7) is 2.29. The van der Waals surface area contributed by atoms with Gasteiger partial charge in [0.2, 0.25) is 0 Å². The minimum atomic E-state index is -0.841. The van der Waals surface area contributed by atoms with E-state index in [1.807, 2.05) is 0 Å². The number of unbranched alkanes of at least 4 members (excludes halogenated alkanes) is 26. The third-order valence-electron chi connectivity index (χ3n) is 8.12. The third-order valence-corrected chi connectivity index (χ3v) is 9.11. The van der Waals surface area contributed by atoms with Gasteiger partial charge >= 0.3 is 17.9 Å². The van der Waals surface area contributed by atoms with Gasteiger partial charge in [-0.3, -0.25) is 14.4 Å². The number of rotatable bonds is 34. The van der Waals surface area contributed by atoms with Gasteiger partial charge in [0.05, 0.1) is 12.8 Å². The molecule has 42 heavy (non-hydrogen) atoms. The smallest absolute Gasteiger partial charge is 0.314 e. The molecule has 0 saturated carbocycles. The Hall–Kier alpha value is -1.04. The zero-order chi connectivity index (χ0) is 30.8. The Morgan fingerprint density at radius 1 is 0.429 bits per heavy atom. The van der Waals surface area contributed by atoms with E-state index in [9.17, 15) is 14.4 Å². The highest BCUT2D eigenvalue weighted by Gasteiger charge is 2.10. The first-order valence-corrected chi connectivity index (χ1v) is 19.2. The second-order valence-electron chi connectivity index (χ2n) is 12.3. The van der Waals surface area contributed by atoms with E-state index < -0.39 is 17.9 Å². The van der Waals surface area contributed by atoms with Crippen molar-refractivity contribution in [2.45, 2.75) is 200 Å². The molecular weight excluding hydrogens is 544 g/mol. The van der Waals surface area contributed by atoms with Gasteiger partial charge in [0.25, 0.3) is 0 Å². The SMILES string of the molecule is CCCCCCCCCCCCCCCCCCCCCCCCCCCCCC(=O)OC(=O)CCSCCC(=O)O. The zero-order valence-electron chi connectivity index (χ0n) is 27.6. The third kappa shape index (κ3) is 35.2. The maximum absolute atomic E-state index is 11.7. The van der Waals surface area contributed by atoms with Crippen molar-refractivity contribution in [3.63, 3.8) is 0 Å². The molecular formula is C36H68O5S. The van der Waals surface area contributed by atoms with Crippen molar-refractivity contribution in [1.29, 1.82) is 0 Å². The molecule has 248 valence electrons. The fraction of sp³-hybridized carbons (Fsp3) is 0.917. The van der Waals surface area contributed by atoms with Gasteiger partial charge in [-0.1, -0.05) is 174 Å². The molecule has 0 saturated heterocycles. The molecule has 0 unspecified atom stereocenters. The summed E-state index contributed by atoms with van der Waals surface area (Å²) >= 11 is 1.39. The number of hydrogen-bond donors (Lipinski definition) is 1. The molecule has 0 aliphatic heterocycles. The Labute approximate surface area is 264 Å².